The Balaban J connectivity index is 1.77. The van der Waals surface area contributed by atoms with Crippen molar-refractivity contribution in [3.8, 4) is 0 Å². The molecule has 0 unspecified atom stereocenters. The molecular weight excluding hydrogens is 287 g/mol. The first-order chi connectivity index (χ1) is 10.7. The van der Waals surface area contributed by atoms with Crippen molar-refractivity contribution in [3.05, 3.63) is 48.1 Å². The zero-order valence-corrected chi connectivity index (χ0v) is 12.2. The van der Waals surface area contributed by atoms with Gasteiger partial charge in [-0.15, -0.1) is 0 Å². The van der Waals surface area contributed by atoms with Crippen LogP contribution in [-0.4, -0.2) is 33.1 Å². The normalized spacial score (nSPS) is 21.0. The maximum Gasteiger partial charge on any atom is 0.254 e. The summed E-state index contributed by atoms with van der Waals surface area (Å²) in [5, 5.41) is 2.84. The molecule has 1 amide bonds. The highest BCUT2D eigenvalue weighted by Crippen LogP contribution is 2.28. The van der Waals surface area contributed by atoms with E-state index in [0.29, 0.717) is 13.0 Å². The summed E-state index contributed by atoms with van der Waals surface area (Å²) in [5.74, 6) is -0.318. The standard InChI is InChI=1S/C15H17FN4O2/c1-2-20-7-6-18-14(20)13-12(4-8-22-13)19-15(21)10-3-5-17-9-11(10)16/h3,5-7,9,12-13H,2,4,8H2,1H3,(H,19,21)/t12-,13-/m0/s1. The maximum atomic E-state index is 13.6. The van der Waals surface area contributed by atoms with E-state index in [-0.39, 0.29) is 17.7 Å². The van der Waals surface area contributed by atoms with Crippen LogP contribution < -0.4 is 5.32 Å². The Kier molecular flexibility index (Phi) is 4.15. The number of hydrogen-bond acceptors (Lipinski definition) is 4. The summed E-state index contributed by atoms with van der Waals surface area (Å²) in [5.41, 5.74) is -0.0144. The molecule has 0 saturated carbocycles. The van der Waals surface area contributed by atoms with Gasteiger partial charge in [-0.3, -0.25) is 9.78 Å². The molecule has 0 aliphatic carbocycles. The molecule has 2 aromatic heterocycles. The quantitative estimate of drug-likeness (QED) is 0.933. The Morgan fingerprint density at radius 1 is 1.55 bits per heavy atom. The third-order valence-electron chi connectivity index (χ3n) is 3.77. The average Bonchev–Trinajstić information content (AvgIpc) is 3.15. The van der Waals surface area contributed by atoms with Gasteiger partial charge in [-0.2, -0.15) is 0 Å². The van der Waals surface area contributed by atoms with E-state index in [1.165, 1.54) is 12.3 Å². The van der Waals surface area contributed by atoms with Crippen molar-refractivity contribution in [2.75, 3.05) is 6.61 Å². The Morgan fingerprint density at radius 2 is 2.41 bits per heavy atom. The summed E-state index contributed by atoms with van der Waals surface area (Å²) in [6, 6.07) is 1.13. The highest BCUT2D eigenvalue weighted by Gasteiger charge is 2.34. The number of hydrogen-bond donors (Lipinski definition) is 1. The number of aryl methyl sites for hydroxylation is 1. The van der Waals surface area contributed by atoms with Gasteiger partial charge >= 0.3 is 0 Å². The summed E-state index contributed by atoms with van der Waals surface area (Å²) in [4.78, 5) is 20.2. The van der Waals surface area contributed by atoms with Gasteiger partial charge < -0.3 is 14.6 Å². The van der Waals surface area contributed by atoms with Crippen molar-refractivity contribution in [2.45, 2.75) is 32.0 Å². The number of ether oxygens (including phenoxy) is 1. The van der Waals surface area contributed by atoms with Crippen molar-refractivity contribution in [2.24, 2.45) is 0 Å². The van der Waals surface area contributed by atoms with Crippen LogP contribution in [0.4, 0.5) is 4.39 Å². The molecule has 0 bridgehead atoms. The Hall–Kier alpha value is -2.28. The second-order valence-corrected chi connectivity index (χ2v) is 5.09. The number of carbonyl (C=O) groups is 1. The molecule has 1 aliphatic rings. The number of carbonyl (C=O) groups excluding carboxylic acids is 1. The van der Waals surface area contributed by atoms with E-state index in [2.05, 4.69) is 15.3 Å². The highest BCUT2D eigenvalue weighted by atomic mass is 19.1. The van der Waals surface area contributed by atoms with Gasteiger partial charge in [0, 0.05) is 31.7 Å². The molecule has 2 atom stereocenters. The zero-order chi connectivity index (χ0) is 15.5. The fraction of sp³-hybridized carbons (Fsp3) is 0.400. The lowest BCUT2D eigenvalue weighted by atomic mass is 10.1. The zero-order valence-electron chi connectivity index (χ0n) is 12.2. The number of rotatable bonds is 4. The molecular formula is C15H17FN4O2. The van der Waals surface area contributed by atoms with Crippen molar-refractivity contribution in [1.29, 1.82) is 0 Å². The fourth-order valence-electron chi connectivity index (χ4n) is 2.64. The Bertz CT molecular complexity index is 673. The molecule has 1 saturated heterocycles. The molecule has 1 fully saturated rings. The molecule has 1 aliphatic heterocycles. The fourth-order valence-corrected chi connectivity index (χ4v) is 2.64. The van der Waals surface area contributed by atoms with Gasteiger partial charge in [-0.05, 0) is 19.4 Å². The largest absolute Gasteiger partial charge is 0.368 e. The van der Waals surface area contributed by atoms with Gasteiger partial charge in [0.15, 0.2) is 5.82 Å². The maximum absolute atomic E-state index is 13.6. The van der Waals surface area contributed by atoms with E-state index in [1.807, 2.05) is 17.7 Å². The first kappa shape index (κ1) is 14.6. The average molecular weight is 304 g/mol. The van der Waals surface area contributed by atoms with Crippen LogP contribution in [0.5, 0.6) is 0 Å². The van der Waals surface area contributed by atoms with E-state index < -0.39 is 11.7 Å². The molecule has 116 valence electrons. The van der Waals surface area contributed by atoms with Crippen molar-refractivity contribution >= 4 is 5.91 Å². The molecule has 3 heterocycles. The highest BCUT2D eigenvalue weighted by molar-refractivity contribution is 5.94. The molecule has 22 heavy (non-hydrogen) atoms. The number of halogens is 1. The minimum Gasteiger partial charge on any atom is -0.368 e. The van der Waals surface area contributed by atoms with Crippen molar-refractivity contribution in [3.63, 3.8) is 0 Å². The summed E-state index contributed by atoms with van der Waals surface area (Å²) in [7, 11) is 0. The van der Waals surface area contributed by atoms with Crippen LogP contribution in [0.25, 0.3) is 0 Å². The molecule has 2 aromatic rings. The van der Waals surface area contributed by atoms with Gasteiger partial charge in [0.1, 0.15) is 11.9 Å². The van der Waals surface area contributed by atoms with Gasteiger partial charge in [0.05, 0.1) is 17.8 Å². The van der Waals surface area contributed by atoms with Crippen LogP contribution in [0, 0.1) is 5.82 Å². The SMILES string of the molecule is CCn1ccnc1[C@H]1OCC[C@@H]1NC(=O)c1ccncc1F. The van der Waals surface area contributed by atoms with Crippen LogP contribution in [0.3, 0.4) is 0 Å². The van der Waals surface area contributed by atoms with Crippen LogP contribution >= 0.6 is 0 Å². The smallest absolute Gasteiger partial charge is 0.254 e. The minimum absolute atomic E-state index is 0.0144. The predicted octanol–water partition coefficient (Wildman–Crippen LogP) is 1.70. The van der Waals surface area contributed by atoms with Crippen LogP contribution in [-0.2, 0) is 11.3 Å². The first-order valence-electron chi connectivity index (χ1n) is 7.23. The van der Waals surface area contributed by atoms with E-state index in [0.717, 1.165) is 18.6 Å². The van der Waals surface area contributed by atoms with E-state index in [9.17, 15) is 9.18 Å². The topological polar surface area (TPSA) is 69.0 Å². The second kappa shape index (κ2) is 6.23. The summed E-state index contributed by atoms with van der Waals surface area (Å²) < 4.78 is 21.3. The van der Waals surface area contributed by atoms with Crippen molar-refractivity contribution < 1.29 is 13.9 Å². The summed E-state index contributed by atoms with van der Waals surface area (Å²) in [6.07, 6.45) is 6.36. The van der Waals surface area contributed by atoms with E-state index in [1.54, 1.807) is 6.20 Å². The summed E-state index contributed by atoms with van der Waals surface area (Å²) >= 11 is 0. The number of imidazole rings is 1. The Labute approximate surface area is 127 Å². The Morgan fingerprint density at radius 3 is 3.18 bits per heavy atom. The number of pyridine rings is 1. The molecule has 3 rings (SSSR count). The molecule has 0 aromatic carbocycles. The third-order valence-corrected chi connectivity index (χ3v) is 3.77. The van der Waals surface area contributed by atoms with Gasteiger partial charge in [0.2, 0.25) is 0 Å². The number of amides is 1. The molecule has 7 heteroatoms. The summed E-state index contributed by atoms with van der Waals surface area (Å²) in [6.45, 7) is 3.32. The number of nitrogens with zero attached hydrogens (tertiary/aromatic N) is 3. The second-order valence-electron chi connectivity index (χ2n) is 5.09. The molecule has 6 nitrogen and oxygen atoms in total. The third kappa shape index (κ3) is 2.71. The molecule has 1 N–H and O–H groups in total. The number of nitrogens with one attached hydrogen (secondary N) is 1. The van der Waals surface area contributed by atoms with E-state index in [4.69, 9.17) is 4.74 Å². The van der Waals surface area contributed by atoms with E-state index >= 15 is 0 Å². The van der Waals surface area contributed by atoms with Crippen LogP contribution in [0.1, 0.15) is 35.6 Å². The minimum atomic E-state index is -0.634. The number of aromatic nitrogens is 3. The van der Waals surface area contributed by atoms with Crippen molar-refractivity contribution in [1.82, 2.24) is 19.9 Å². The lowest BCUT2D eigenvalue weighted by molar-refractivity contribution is 0.0773. The van der Waals surface area contributed by atoms with Gasteiger partial charge in [0.25, 0.3) is 5.91 Å². The monoisotopic (exact) mass is 304 g/mol. The van der Waals surface area contributed by atoms with Crippen LogP contribution in [0.2, 0.25) is 0 Å². The lowest BCUT2D eigenvalue weighted by Crippen LogP contribution is -2.38. The lowest BCUT2D eigenvalue weighted by Gasteiger charge is -2.20. The first-order valence-corrected chi connectivity index (χ1v) is 7.23. The molecule has 0 radical (unpaired) electrons. The van der Waals surface area contributed by atoms with Gasteiger partial charge in [-0.25, -0.2) is 9.37 Å². The van der Waals surface area contributed by atoms with Crippen LogP contribution in [0.15, 0.2) is 30.9 Å². The molecule has 0 spiro atoms. The van der Waals surface area contributed by atoms with Gasteiger partial charge in [-0.1, -0.05) is 0 Å². The predicted molar refractivity (Wildman–Crippen MR) is 76.7 cm³/mol.